The minimum absolute atomic E-state index is 0.306. The van der Waals surface area contributed by atoms with Gasteiger partial charge in [-0.25, -0.2) is 14.8 Å². The summed E-state index contributed by atoms with van der Waals surface area (Å²) in [6.07, 6.45) is 1.43. The summed E-state index contributed by atoms with van der Waals surface area (Å²) in [5, 5.41) is 6.37. The first kappa shape index (κ1) is 19.8. The third-order valence-electron chi connectivity index (χ3n) is 4.38. The molecule has 1 aromatic carbocycles. The van der Waals surface area contributed by atoms with Crippen molar-refractivity contribution in [3.05, 3.63) is 36.2 Å². The molecule has 0 unspecified atom stereocenters. The van der Waals surface area contributed by atoms with Crippen molar-refractivity contribution < 1.29 is 14.3 Å². The smallest absolute Gasteiger partial charge is 0.340 e. The highest BCUT2D eigenvalue weighted by molar-refractivity contribution is 5.97. The lowest BCUT2D eigenvalue weighted by Gasteiger charge is -2.26. The number of rotatable bonds is 8. The van der Waals surface area contributed by atoms with Crippen LogP contribution in [-0.4, -0.2) is 66.8 Å². The van der Waals surface area contributed by atoms with Crippen LogP contribution >= 0.6 is 0 Å². The van der Waals surface area contributed by atoms with E-state index in [2.05, 4.69) is 25.5 Å². The first-order chi connectivity index (χ1) is 13.7. The molecule has 150 valence electrons. The van der Waals surface area contributed by atoms with Crippen molar-refractivity contribution in [3.8, 4) is 0 Å². The highest BCUT2D eigenvalue weighted by atomic mass is 16.5. The summed E-state index contributed by atoms with van der Waals surface area (Å²) < 4.78 is 10.5. The Morgan fingerprint density at radius 2 is 2.00 bits per heavy atom. The highest BCUT2D eigenvalue weighted by Gasteiger charge is 2.15. The quantitative estimate of drug-likeness (QED) is 0.583. The molecule has 0 spiro atoms. The number of benzene rings is 1. The number of nitrogens with one attached hydrogen (secondary N) is 2. The fourth-order valence-electron chi connectivity index (χ4n) is 2.90. The summed E-state index contributed by atoms with van der Waals surface area (Å²) in [6.45, 7) is 7.05. The maximum atomic E-state index is 12.1. The van der Waals surface area contributed by atoms with E-state index in [0.29, 0.717) is 41.7 Å². The van der Waals surface area contributed by atoms with Crippen molar-refractivity contribution in [2.75, 3.05) is 62.4 Å². The fraction of sp³-hybridized carbons (Fsp3) is 0.421. The number of hydrogen-bond donors (Lipinski definition) is 3. The Labute approximate surface area is 164 Å². The second-order valence-electron chi connectivity index (χ2n) is 6.26. The molecule has 4 N–H and O–H groups in total. The van der Waals surface area contributed by atoms with Crippen LogP contribution in [0.25, 0.3) is 0 Å². The third kappa shape index (κ3) is 5.08. The minimum Gasteiger partial charge on any atom is -0.462 e. The van der Waals surface area contributed by atoms with Gasteiger partial charge in [-0.2, -0.15) is 0 Å². The van der Waals surface area contributed by atoms with E-state index >= 15 is 0 Å². The third-order valence-corrected chi connectivity index (χ3v) is 4.38. The summed E-state index contributed by atoms with van der Waals surface area (Å²) >= 11 is 0. The van der Waals surface area contributed by atoms with Crippen LogP contribution in [0.3, 0.4) is 0 Å². The van der Waals surface area contributed by atoms with Gasteiger partial charge in [0.25, 0.3) is 0 Å². The van der Waals surface area contributed by atoms with Gasteiger partial charge in [-0.3, -0.25) is 4.90 Å². The number of ether oxygens (including phenoxy) is 2. The fourth-order valence-corrected chi connectivity index (χ4v) is 2.90. The van der Waals surface area contributed by atoms with E-state index in [0.717, 1.165) is 32.8 Å². The summed E-state index contributed by atoms with van der Waals surface area (Å²) in [7, 11) is 0. The topological polar surface area (TPSA) is 115 Å². The van der Waals surface area contributed by atoms with Crippen molar-refractivity contribution in [3.63, 3.8) is 0 Å². The van der Waals surface area contributed by atoms with Gasteiger partial charge in [0, 0.05) is 26.2 Å². The second-order valence-corrected chi connectivity index (χ2v) is 6.26. The van der Waals surface area contributed by atoms with Crippen molar-refractivity contribution in [2.45, 2.75) is 6.92 Å². The molecule has 2 heterocycles. The number of anilines is 4. The highest BCUT2D eigenvalue weighted by Crippen LogP contribution is 2.27. The van der Waals surface area contributed by atoms with Crippen LogP contribution < -0.4 is 16.4 Å². The van der Waals surface area contributed by atoms with Crippen LogP contribution in [0, 0.1) is 0 Å². The molecule has 9 heteroatoms. The van der Waals surface area contributed by atoms with Gasteiger partial charge in [0.1, 0.15) is 12.0 Å². The predicted molar refractivity (Wildman–Crippen MR) is 108 cm³/mol. The normalized spacial score (nSPS) is 14.5. The molecule has 1 aromatic heterocycles. The lowest BCUT2D eigenvalue weighted by Crippen LogP contribution is -2.39. The molecule has 0 radical (unpaired) electrons. The van der Waals surface area contributed by atoms with E-state index in [9.17, 15) is 4.79 Å². The van der Waals surface area contributed by atoms with Gasteiger partial charge in [-0.05, 0) is 19.1 Å². The summed E-state index contributed by atoms with van der Waals surface area (Å²) in [6, 6.07) is 7.07. The molecular formula is C19H26N6O3. The maximum Gasteiger partial charge on any atom is 0.340 e. The molecule has 0 atom stereocenters. The molecule has 9 nitrogen and oxygen atoms in total. The number of nitrogens with zero attached hydrogens (tertiary/aromatic N) is 3. The Morgan fingerprint density at radius 1 is 1.25 bits per heavy atom. The van der Waals surface area contributed by atoms with E-state index in [4.69, 9.17) is 15.2 Å². The number of carbonyl (C=O) groups is 1. The Balaban J connectivity index is 1.67. The van der Waals surface area contributed by atoms with Gasteiger partial charge in [0.2, 0.25) is 0 Å². The molecule has 3 rings (SSSR count). The van der Waals surface area contributed by atoms with Crippen molar-refractivity contribution >= 4 is 29.0 Å². The van der Waals surface area contributed by atoms with Gasteiger partial charge in [0.15, 0.2) is 11.6 Å². The van der Waals surface area contributed by atoms with Gasteiger partial charge in [-0.1, -0.05) is 12.1 Å². The van der Waals surface area contributed by atoms with Crippen LogP contribution in [0.15, 0.2) is 30.6 Å². The van der Waals surface area contributed by atoms with Gasteiger partial charge >= 0.3 is 5.97 Å². The Kier molecular flexibility index (Phi) is 6.99. The standard InChI is InChI=1S/C19H26N6O3/c1-2-28-19(26)14-5-3-4-6-15(14)24-18-16(20)17(22-13-23-18)21-7-8-25-9-11-27-12-10-25/h3-6,13H,2,7-12,20H2,1H3,(H2,21,22,23,24). The van der Waals surface area contributed by atoms with Crippen molar-refractivity contribution in [1.29, 1.82) is 0 Å². The maximum absolute atomic E-state index is 12.1. The zero-order valence-corrected chi connectivity index (χ0v) is 16.0. The van der Waals surface area contributed by atoms with E-state index in [1.807, 2.05) is 6.07 Å². The van der Waals surface area contributed by atoms with Crippen molar-refractivity contribution in [2.24, 2.45) is 0 Å². The molecule has 2 aromatic rings. The number of aromatic nitrogens is 2. The molecule has 0 saturated carbocycles. The van der Waals surface area contributed by atoms with Gasteiger partial charge < -0.3 is 25.8 Å². The van der Waals surface area contributed by atoms with Crippen LogP contribution in [0.1, 0.15) is 17.3 Å². The van der Waals surface area contributed by atoms with E-state index < -0.39 is 5.97 Å². The zero-order valence-electron chi connectivity index (χ0n) is 16.0. The number of esters is 1. The first-order valence-corrected chi connectivity index (χ1v) is 9.36. The largest absolute Gasteiger partial charge is 0.462 e. The Hall–Kier alpha value is -2.91. The molecule has 1 aliphatic heterocycles. The van der Waals surface area contributed by atoms with Crippen LogP contribution in [0.5, 0.6) is 0 Å². The average molecular weight is 386 g/mol. The molecule has 1 saturated heterocycles. The average Bonchev–Trinajstić information content (AvgIpc) is 2.72. The number of nitrogens with two attached hydrogens (primary N) is 1. The monoisotopic (exact) mass is 386 g/mol. The van der Waals surface area contributed by atoms with Crippen LogP contribution in [0.4, 0.5) is 23.0 Å². The second kappa shape index (κ2) is 9.86. The van der Waals surface area contributed by atoms with E-state index in [-0.39, 0.29) is 0 Å². The molecule has 0 bridgehead atoms. The Morgan fingerprint density at radius 3 is 2.79 bits per heavy atom. The lowest BCUT2D eigenvalue weighted by molar-refractivity contribution is 0.0398. The number of carbonyl (C=O) groups excluding carboxylic acids is 1. The van der Waals surface area contributed by atoms with Crippen LogP contribution in [0.2, 0.25) is 0 Å². The summed E-state index contributed by atoms with van der Waals surface area (Å²) in [4.78, 5) is 22.9. The minimum atomic E-state index is -0.401. The summed E-state index contributed by atoms with van der Waals surface area (Å²) in [5.41, 5.74) is 7.62. The molecule has 0 aliphatic carbocycles. The Bertz CT molecular complexity index is 795. The van der Waals surface area contributed by atoms with E-state index in [1.165, 1.54) is 6.33 Å². The van der Waals surface area contributed by atoms with E-state index in [1.54, 1.807) is 25.1 Å². The molecule has 1 aliphatic rings. The summed E-state index contributed by atoms with van der Waals surface area (Å²) in [5.74, 6) is 0.585. The molecule has 1 fully saturated rings. The molecular weight excluding hydrogens is 360 g/mol. The van der Waals surface area contributed by atoms with Crippen LogP contribution in [-0.2, 0) is 9.47 Å². The number of morpholine rings is 1. The first-order valence-electron chi connectivity index (χ1n) is 9.36. The number of nitrogen functional groups attached to an aromatic ring is 1. The van der Waals surface area contributed by atoms with Gasteiger partial charge in [-0.15, -0.1) is 0 Å². The molecule has 0 amide bonds. The lowest BCUT2D eigenvalue weighted by atomic mass is 10.2. The zero-order chi connectivity index (χ0) is 19.8. The predicted octanol–water partition coefficient (Wildman–Crippen LogP) is 1.72. The SMILES string of the molecule is CCOC(=O)c1ccccc1Nc1ncnc(NCCN2CCOCC2)c1N. The van der Waals surface area contributed by atoms with Gasteiger partial charge in [0.05, 0.1) is 31.1 Å². The van der Waals surface area contributed by atoms with Crippen molar-refractivity contribution in [1.82, 2.24) is 14.9 Å². The number of hydrogen-bond acceptors (Lipinski definition) is 9. The molecule has 28 heavy (non-hydrogen) atoms. The number of para-hydroxylation sites is 1.